The summed E-state index contributed by atoms with van der Waals surface area (Å²) < 4.78 is 30.8. The first-order chi connectivity index (χ1) is 23.5. The van der Waals surface area contributed by atoms with Gasteiger partial charge in [0.25, 0.3) is 0 Å². The predicted molar refractivity (Wildman–Crippen MR) is 225 cm³/mol. The van der Waals surface area contributed by atoms with E-state index in [4.69, 9.17) is 16.8 Å². The highest BCUT2D eigenvalue weighted by Gasteiger charge is 2.62. The number of unbranched alkanes of at least 4 members (excludes halogenated alkanes) is 9. The molecule has 0 spiro atoms. The fourth-order valence-electron chi connectivity index (χ4n) is 7.20. The van der Waals surface area contributed by atoms with Gasteiger partial charge in [-0.15, -0.1) is 0 Å². The summed E-state index contributed by atoms with van der Waals surface area (Å²) in [5.41, 5.74) is 0.418. The maximum Gasteiger partial charge on any atom is 0.719 e. The number of carbonyl (C=O) groups excluding carboxylic acids is 1. The number of rotatable bonds is 35. The normalized spacial score (nSPS) is 12.9. The second-order valence-electron chi connectivity index (χ2n) is 15.5. The third kappa shape index (κ3) is 19.6. The van der Waals surface area contributed by atoms with Gasteiger partial charge in [-0.3, -0.25) is 0 Å². The fraction of sp³-hybridized carbons (Fsp3) is 0.925. The van der Waals surface area contributed by atoms with Crippen LogP contribution in [-0.4, -0.2) is 40.0 Å². The van der Waals surface area contributed by atoms with Gasteiger partial charge in [0.15, 0.2) is 25.0 Å². The maximum atomic E-state index is 14.1. The Bertz CT molecular complexity index is 691. The molecule has 0 atom stereocenters. The van der Waals surface area contributed by atoms with Gasteiger partial charge >= 0.3 is 15.0 Å². The van der Waals surface area contributed by atoms with Crippen LogP contribution in [0.25, 0.3) is 0 Å². The zero-order valence-corrected chi connectivity index (χ0v) is 38.8. The summed E-state index contributed by atoms with van der Waals surface area (Å²) in [6, 6.07) is 9.84. The van der Waals surface area contributed by atoms with E-state index in [-0.39, 0.29) is 5.97 Å². The highest BCUT2D eigenvalue weighted by atomic mass is 28.5. The van der Waals surface area contributed by atoms with Gasteiger partial charge in [0.2, 0.25) is 0 Å². The van der Waals surface area contributed by atoms with Crippen LogP contribution in [0.5, 0.6) is 0 Å². The largest absolute Gasteiger partial charge is 0.719 e. The van der Waals surface area contributed by atoms with Gasteiger partial charge in [0.1, 0.15) is 0 Å². The molecule has 0 aliphatic heterocycles. The standard InChI is InChI=1S/C40H86O5Si4/c1-12-21-30-46(31-22-13-2,32-23-14-3)43-49(42-40(41)39(10)11,44-47(33-24-15-4,34-25-16-5)35-26-17-6)45-48(36-27-18-7,37-28-19-8)38-29-20-9/h10,12-38H2,1-9,11H3. The van der Waals surface area contributed by atoms with Crippen molar-refractivity contribution in [1.82, 2.24) is 0 Å². The van der Waals surface area contributed by atoms with Gasteiger partial charge in [-0.2, -0.15) is 0 Å². The van der Waals surface area contributed by atoms with Crippen LogP contribution in [-0.2, 0) is 21.6 Å². The Balaban J connectivity index is 8.07. The lowest BCUT2D eigenvalue weighted by atomic mass is 10.4. The Morgan fingerprint density at radius 2 is 0.592 bits per heavy atom. The lowest BCUT2D eigenvalue weighted by Crippen LogP contribution is -2.67. The average Bonchev–Trinajstić information content (AvgIpc) is 3.09. The Morgan fingerprint density at radius 3 is 0.735 bits per heavy atom. The molecular formula is C40H86O5Si4. The van der Waals surface area contributed by atoms with Gasteiger partial charge in [0.05, 0.1) is 0 Å². The third-order valence-corrected chi connectivity index (χ3v) is 30.5. The van der Waals surface area contributed by atoms with Crippen molar-refractivity contribution >= 4 is 40.0 Å². The first-order valence-corrected chi connectivity index (χ1v) is 30.7. The molecule has 0 bridgehead atoms. The molecule has 292 valence electrons. The van der Waals surface area contributed by atoms with E-state index in [2.05, 4.69) is 68.9 Å². The van der Waals surface area contributed by atoms with Crippen LogP contribution in [0.15, 0.2) is 12.2 Å². The number of carbonyl (C=O) groups is 1. The van der Waals surface area contributed by atoms with Crippen molar-refractivity contribution in [2.75, 3.05) is 0 Å². The van der Waals surface area contributed by atoms with Crippen molar-refractivity contribution in [2.24, 2.45) is 0 Å². The molecule has 0 saturated heterocycles. The van der Waals surface area contributed by atoms with E-state index in [0.29, 0.717) is 5.57 Å². The summed E-state index contributed by atoms with van der Waals surface area (Å²) in [5.74, 6) is -0.371. The van der Waals surface area contributed by atoms with Crippen LogP contribution in [0.4, 0.5) is 0 Å². The highest BCUT2D eigenvalue weighted by Crippen LogP contribution is 2.42. The van der Waals surface area contributed by atoms with Gasteiger partial charge in [0, 0.05) is 5.57 Å². The molecule has 0 rings (SSSR count). The van der Waals surface area contributed by atoms with Crippen LogP contribution >= 0.6 is 0 Å². The van der Waals surface area contributed by atoms with Crippen molar-refractivity contribution in [3.8, 4) is 0 Å². The van der Waals surface area contributed by atoms with Crippen LogP contribution in [0.3, 0.4) is 0 Å². The first-order valence-electron chi connectivity index (χ1n) is 21.5. The van der Waals surface area contributed by atoms with Gasteiger partial charge in [-0.25, -0.2) is 4.79 Å². The summed E-state index contributed by atoms with van der Waals surface area (Å²) in [6.07, 6.45) is 20.6. The minimum Gasteiger partial charge on any atom is -0.450 e. The van der Waals surface area contributed by atoms with E-state index in [0.717, 1.165) is 170 Å². The van der Waals surface area contributed by atoms with Crippen molar-refractivity contribution < 1.29 is 21.6 Å². The zero-order valence-electron chi connectivity index (χ0n) is 34.8. The van der Waals surface area contributed by atoms with Crippen molar-refractivity contribution in [2.45, 2.75) is 239 Å². The molecule has 0 aromatic heterocycles. The minimum atomic E-state index is -4.00. The van der Waals surface area contributed by atoms with E-state index >= 15 is 0 Å². The number of hydrogen-bond donors (Lipinski definition) is 0. The predicted octanol–water partition coefficient (Wildman–Crippen LogP) is 14.6. The van der Waals surface area contributed by atoms with Crippen molar-refractivity contribution in [3.63, 3.8) is 0 Å². The molecule has 49 heavy (non-hydrogen) atoms. The monoisotopic (exact) mass is 759 g/mol. The fourth-order valence-corrected chi connectivity index (χ4v) is 31.0. The molecule has 0 aromatic carbocycles. The molecule has 5 nitrogen and oxygen atoms in total. The second kappa shape index (κ2) is 28.5. The average molecular weight is 759 g/mol. The smallest absolute Gasteiger partial charge is 0.450 e. The van der Waals surface area contributed by atoms with E-state index in [1.165, 1.54) is 0 Å². The molecular weight excluding hydrogens is 673 g/mol. The lowest BCUT2D eigenvalue weighted by molar-refractivity contribution is -0.135. The molecule has 0 amide bonds. The summed E-state index contributed by atoms with van der Waals surface area (Å²) >= 11 is 0. The Morgan fingerprint density at radius 1 is 0.408 bits per heavy atom. The molecule has 9 heteroatoms. The topological polar surface area (TPSA) is 54.0 Å². The van der Waals surface area contributed by atoms with Crippen LogP contribution in [0, 0.1) is 0 Å². The van der Waals surface area contributed by atoms with Crippen LogP contribution < -0.4 is 0 Å². The Kier molecular flexibility index (Phi) is 28.4. The van der Waals surface area contributed by atoms with Crippen LogP contribution in [0.2, 0.25) is 54.4 Å². The zero-order chi connectivity index (χ0) is 37.1. The SMILES string of the molecule is C=C(C)C(=O)O[Si](O[Si](CCCC)(CCCC)CCCC)(O[Si](CCCC)(CCCC)CCCC)O[Si](CCCC)(CCCC)CCCC. The van der Waals surface area contributed by atoms with E-state index in [1.807, 2.05) is 0 Å². The maximum absolute atomic E-state index is 14.1. The van der Waals surface area contributed by atoms with Gasteiger partial charge in [-0.05, 0) is 61.3 Å². The molecule has 0 heterocycles. The molecule has 0 aromatic rings. The second-order valence-corrected chi connectivity index (χ2v) is 30.7. The van der Waals surface area contributed by atoms with E-state index < -0.39 is 34.0 Å². The quantitative estimate of drug-likeness (QED) is 0.0476. The Labute approximate surface area is 311 Å². The summed E-state index contributed by atoms with van der Waals surface area (Å²) in [7, 11) is -11.3. The molecule has 0 aliphatic rings. The molecule has 0 fully saturated rings. The van der Waals surface area contributed by atoms with Gasteiger partial charge < -0.3 is 16.8 Å². The van der Waals surface area contributed by atoms with Crippen molar-refractivity contribution in [3.05, 3.63) is 12.2 Å². The van der Waals surface area contributed by atoms with E-state index in [1.54, 1.807) is 6.92 Å². The van der Waals surface area contributed by atoms with Gasteiger partial charge in [-0.1, -0.05) is 184 Å². The number of hydrogen-bond acceptors (Lipinski definition) is 5. The third-order valence-electron chi connectivity index (χ3n) is 10.5. The molecule has 0 aliphatic carbocycles. The lowest BCUT2D eigenvalue weighted by Gasteiger charge is -2.47. The summed E-state index contributed by atoms with van der Waals surface area (Å²) in [5, 5.41) is 0. The Hall–Kier alpha value is -0.0425. The highest BCUT2D eigenvalue weighted by molar-refractivity contribution is 6.90. The molecule has 0 radical (unpaired) electrons. The molecule has 0 unspecified atom stereocenters. The van der Waals surface area contributed by atoms with Crippen molar-refractivity contribution in [1.29, 1.82) is 0 Å². The first kappa shape index (κ1) is 49.0. The summed E-state index contributed by atoms with van der Waals surface area (Å²) in [6.45, 7) is 26.6. The molecule has 0 N–H and O–H groups in total. The minimum absolute atomic E-state index is 0.371. The van der Waals surface area contributed by atoms with Crippen LogP contribution in [0.1, 0.15) is 185 Å². The van der Waals surface area contributed by atoms with E-state index in [9.17, 15) is 4.79 Å². The molecule has 0 saturated carbocycles. The summed E-state index contributed by atoms with van der Waals surface area (Å²) in [4.78, 5) is 14.1.